The zero-order valence-electron chi connectivity index (χ0n) is 11.0. The Balaban J connectivity index is 1.89. The molecule has 104 valence electrons. The van der Waals surface area contributed by atoms with Crippen molar-refractivity contribution in [3.63, 3.8) is 0 Å². The first-order chi connectivity index (χ1) is 9.69. The van der Waals surface area contributed by atoms with Gasteiger partial charge in [0.05, 0.1) is 7.11 Å². The van der Waals surface area contributed by atoms with Crippen LogP contribution in [0.15, 0.2) is 34.9 Å². The molecule has 2 heterocycles. The van der Waals surface area contributed by atoms with E-state index in [9.17, 15) is 4.39 Å². The second kappa shape index (κ2) is 5.40. The fourth-order valence-electron chi connectivity index (χ4n) is 2.56. The highest BCUT2D eigenvalue weighted by Gasteiger charge is 2.25. The molecular weight excluding hydrogens is 323 g/mol. The van der Waals surface area contributed by atoms with Crippen molar-refractivity contribution in [3.8, 4) is 5.75 Å². The number of hydrogen-bond donors (Lipinski definition) is 1. The average molecular weight is 337 g/mol. The number of fused-ring (bicyclic) bond motifs is 1. The summed E-state index contributed by atoms with van der Waals surface area (Å²) in [5.41, 5.74) is 1.80. The predicted molar refractivity (Wildman–Crippen MR) is 79.8 cm³/mol. The molecule has 2 aromatic rings. The summed E-state index contributed by atoms with van der Waals surface area (Å²) in [7, 11) is 1.48. The second-order valence-electron chi connectivity index (χ2n) is 4.81. The third-order valence-corrected chi connectivity index (χ3v) is 4.00. The van der Waals surface area contributed by atoms with Crippen molar-refractivity contribution in [2.75, 3.05) is 19.0 Å². The lowest BCUT2D eigenvalue weighted by Gasteiger charge is -2.12. The van der Waals surface area contributed by atoms with Crippen molar-refractivity contribution in [1.29, 1.82) is 0 Å². The van der Waals surface area contributed by atoms with Gasteiger partial charge >= 0.3 is 0 Å². The summed E-state index contributed by atoms with van der Waals surface area (Å²) in [6.45, 7) is 0.773. The third kappa shape index (κ3) is 2.38. The molecule has 0 saturated carbocycles. The molecule has 1 N–H and O–H groups in total. The minimum absolute atomic E-state index is 0.219. The number of rotatable bonds is 3. The highest BCUT2D eigenvalue weighted by atomic mass is 79.9. The summed E-state index contributed by atoms with van der Waals surface area (Å²) in [5, 5.41) is 3.26. The highest BCUT2D eigenvalue weighted by molar-refractivity contribution is 9.10. The van der Waals surface area contributed by atoms with E-state index in [1.54, 1.807) is 18.3 Å². The van der Waals surface area contributed by atoms with Crippen LogP contribution in [0.5, 0.6) is 5.75 Å². The molecule has 1 aromatic heterocycles. The molecule has 0 radical (unpaired) electrons. The zero-order valence-corrected chi connectivity index (χ0v) is 12.6. The van der Waals surface area contributed by atoms with E-state index in [0.29, 0.717) is 17.7 Å². The molecular formula is C15H14BrFN2O. The number of anilines is 1. The monoisotopic (exact) mass is 336 g/mol. The Morgan fingerprint density at radius 2 is 2.35 bits per heavy atom. The minimum atomic E-state index is -0.272. The number of nitrogens with zero attached hydrogens (tertiary/aromatic N) is 1. The van der Waals surface area contributed by atoms with Gasteiger partial charge in [-0.3, -0.25) is 0 Å². The van der Waals surface area contributed by atoms with Gasteiger partial charge in [-0.1, -0.05) is 12.1 Å². The summed E-state index contributed by atoms with van der Waals surface area (Å²) < 4.78 is 20.2. The number of ether oxygens (including phenoxy) is 1. The lowest BCUT2D eigenvalue weighted by Crippen LogP contribution is -2.07. The van der Waals surface area contributed by atoms with Crippen molar-refractivity contribution in [2.24, 2.45) is 0 Å². The molecule has 0 fully saturated rings. The largest absolute Gasteiger partial charge is 0.494 e. The number of hydrogen-bond acceptors (Lipinski definition) is 3. The van der Waals surface area contributed by atoms with Crippen LogP contribution in [-0.2, 0) is 6.42 Å². The first kappa shape index (κ1) is 13.4. The minimum Gasteiger partial charge on any atom is -0.494 e. The molecule has 1 aliphatic rings. The van der Waals surface area contributed by atoms with E-state index in [1.165, 1.54) is 7.11 Å². The highest BCUT2D eigenvalue weighted by Crippen LogP contribution is 2.35. The molecule has 3 rings (SSSR count). The van der Waals surface area contributed by atoms with Gasteiger partial charge in [-0.15, -0.1) is 0 Å². The standard InChI is InChI=1S/C15H14BrFN2O/c1-20-13-4-2-3-9(14(13)17)5-10-7-18-15-12(10)6-11(16)8-19-15/h2-4,6,8,10H,5,7H2,1H3,(H,18,19). The maximum atomic E-state index is 14.2. The van der Waals surface area contributed by atoms with Gasteiger partial charge in [0.25, 0.3) is 0 Å². The van der Waals surface area contributed by atoms with E-state index in [2.05, 4.69) is 26.2 Å². The van der Waals surface area contributed by atoms with Gasteiger partial charge in [0.1, 0.15) is 5.82 Å². The van der Waals surface area contributed by atoms with E-state index in [1.807, 2.05) is 12.1 Å². The topological polar surface area (TPSA) is 34.1 Å². The number of pyridine rings is 1. The zero-order chi connectivity index (χ0) is 14.1. The summed E-state index contributed by atoms with van der Waals surface area (Å²) in [6, 6.07) is 7.31. The van der Waals surface area contributed by atoms with Gasteiger partial charge in [-0.2, -0.15) is 0 Å². The van der Waals surface area contributed by atoms with Crippen molar-refractivity contribution >= 4 is 21.7 Å². The van der Waals surface area contributed by atoms with Crippen molar-refractivity contribution in [1.82, 2.24) is 4.98 Å². The molecule has 1 aromatic carbocycles. The normalized spacial score (nSPS) is 16.6. The first-order valence-corrected chi connectivity index (χ1v) is 7.19. The van der Waals surface area contributed by atoms with E-state index < -0.39 is 0 Å². The second-order valence-corrected chi connectivity index (χ2v) is 5.72. The van der Waals surface area contributed by atoms with Crippen molar-refractivity contribution < 1.29 is 9.13 Å². The summed E-state index contributed by atoms with van der Waals surface area (Å²) >= 11 is 3.43. The lowest BCUT2D eigenvalue weighted by molar-refractivity contribution is 0.383. The summed E-state index contributed by atoms with van der Waals surface area (Å²) in [5.74, 6) is 1.13. The third-order valence-electron chi connectivity index (χ3n) is 3.57. The van der Waals surface area contributed by atoms with E-state index in [4.69, 9.17) is 4.74 Å². The van der Waals surface area contributed by atoms with Gasteiger partial charge in [-0.05, 0) is 40.0 Å². The fraction of sp³-hybridized carbons (Fsp3) is 0.267. The molecule has 3 nitrogen and oxygen atoms in total. The molecule has 0 amide bonds. The van der Waals surface area contributed by atoms with E-state index in [0.717, 1.165) is 22.4 Å². The molecule has 0 spiro atoms. The Morgan fingerprint density at radius 1 is 1.50 bits per heavy atom. The van der Waals surface area contributed by atoms with Crippen LogP contribution in [0.1, 0.15) is 17.0 Å². The lowest BCUT2D eigenvalue weighted by atomic mass is 9.94. The molecule has 20 heavy (non-hydrogen) atoms. The van der Waals surface area contributed by atoms with Crippen LogP contribution < -0.4 is 10.1 Å². The smallest absolute Gasteiger partial charge is 0.168 e. The maximum absolute atomic E-state index is 14.2. The SMILES string of the molecule is COc1cccc(CC2CNc3ncc(Br)cc32)c1F. The summed E-state index contributed by atoms with van der Waals surface area (Å²) in [4.78, 5) is 4.33. The van der Waals surface area contributed by atoms with Gasteiger partial charge < -0.3 is 10.1 Å². The maximum Gasteiger partial charge on any atom is 0.168 e. The molecule has 1 unspecified atom stereocenters. The number of methoxy groups -OCH3 is 1. The fourth-order valence-corrected chi connectivity index (χ4v) is 2.91. The Hall–Kier alpha value is -1.62. The number of halogens is 2. The molecule has 1 aliphatic heterocycles. The Bertz CT molecular complexity index is 648. The Kier molecular flexibility index (Phi) is 3.61. The van der Waals surface area contributed by atoms with Crippen LogP contribution >= 0.6 is 15.9 Å². The number of aromatic nitrogens is 1. The summed E-state index contributed by atoms with van der Waals surface area (Å²) in [6.07, 6.45) is 2.39. The predicted octanol–water partition coefficient (Wildman–Crippen LogP) is 3.74. The number of benzene rings is 1. The van der Waals surface area contributed by atoms with E-state index in [-0.39, 0.29) is 11.7 Å². The Morgan fingerprint density at radius 3 is 3.15 bits per heavy atom. The van der Waals surface area contributed by atoms with Gasteiger partial charge in [0, 0.05) is 28.7 Å². The van der Waals surface area contributed by atoms with Crippen LogP contribution in [0.25, 0.3) is 0 Å². The molecule has 0 aliphatic carbocycles. The molecule has 5 heteroatoms. The van der Waals surface area contributed by atoms with Crippen LogP contribution in [0.4, 0.5) is 10.2 Å². The first-order valence-electron chi connectivity index (χ1n) is 6.39. The Labute approximate surface area is 125 Å². The van der Waals surface area contributed by atoms with Crippen LogP contribution in [0.3, 0.4) is 0 Å². The molecule has 0 saturated heterocycles. The van der Waals surface area contributed by atoms with Crippen molar-refractivity contribution in [3.05, 3.63) is 51.9 Å². The van der Waals surface area contributed by atoms with Crippen LogP contribution in [-0.4, -0.2) is 18.6 Å². The number of nitrogens with one attached hydrogen (secondary N) is 1. The average Bonchev–Trinajstić information content (AvgIpc) is 2.83. The van der Waals surface area contributed by atoms with Crippen LogP contribution in [0.2, 0.25) is 0 Å². The van der Waals surface area contributed by atoms with Gasteiger partial charge in [-0.25, -0.2) is 9.37 Å². The molecule has 0 bridgehead atoms. The van der Waals surface area contributed by atoms with Gasteiger partial charge in [0.2, 0.25) is 0 Å². The van der Waals surface area contributed by atoms with Gasteiger partial charge in [0.15, 0.2) is 11.6 Å². The quantitative estimate of drug-likeness (QED) is 0.926. The van der Waals surface area contributed by atoms with E-state index >= 15 is 0 Å². The van der Waals surface area contributed by atoms with Crippen LogP contribution in [0, 0.1) is 5.82 Å². The van der Waals surface area contributed by atoms with Crippen molar-refractivity contribution in [2.45, 2.75) is 12.3 Å². The molecule has 1 atom stereocenters.